The molecule has 12 rings (SSSR count). The maximum Gasteiger partial charge on any atom is 0.248 e. The minimum atomic E-state index is 0.495. The number of hydrogen-bond acceptors (Lipinski definition) is 4. The summed E-state index contributed by atoms with van der Waals surface area (Å²) in [4.78, 5) is 10.7. The van der Waals surface area contributed by atoms with E-state index in [1.165, 1.54) is 10.8 Å². The van der Waals surface area contributed by atoms with Crippen LogP contribution in [-0.2, 0) is 0 Å². The molecule has 0 bridgehead atoms. The van der Waals surface area contributed by atoms with E-state index in [2.05, 4.69) is 118 Å². The van der Waals surface area contributed by atoms with Gasteiger partial charge in [0, 0.05) is 32.5 Å². The van der Waals surface area contributed by atoms with Crippen molar-refractivity contribution < 1.29 is 8.83 Å². The summed E-state index contributed by atoms with van der Waals surface area (Å²) in [6.07, 6.45) is 0. The molecule has 12 aromatic rings. The third-order valence-electron chi connectivity index (χ3n) is 10.5. The van der Waals surface area contributed by atoms with E-state index in [-0.39, 0.29) is 0 Å². The summed E-state index contributed by atoms with van der Waals surface area (Å²) in [6.45, 7) is 0. The quantitative estimate of drug-likeness (QED) is 0.188. The molecule has 0 amide bonds. The predicted molar refractivity (Wildman–Crippen MR) is 211 cm³/mol. The van der Waals surface area contributed by atoms with E-state index >= 15 is 0 Å². The van der Waals surface area contributed by atoms with Crippen LogP contribution in [0.25, 0.3) is 111 Å². The zero-order valence-electron chi connectivity index (χ0n) is 27.6. The highest BCUT2D eigenvalue weighted by Crippen LogP contribution is 2.46. The van der Waals surface area contributed by atoms with Gasteiger partial charge in [-0.1, -0.05) is 115 Å². The molecule has 5 aromatic heterocycles. The van der Waals surface area contributed by atoms with E-state index in [0.29, 0.717) is 11.5 Å². The van der Waals surface area contributed by atoms with Crippen molar-refractivity contribution in [1.29, 1.82) is 0 Å². The summed E-state index contributed by atoms with van der Waals surface area (Å²) in [5, 5.41) is 7.58. The number of aromatic nitrogens is 4. The minimum absolute atomic E-state index is 0.495. The number of fused-ring (bicyclic) bond motifs is 13. The van der Waals surface area contributed by atoms with Gasteiger partial charge in [0.25, 0.3) is 0 Å². The normalized spacial score (nSPS) is 12.2. The molecule has 0 fully saturated rings. The van der Waals surface area contributed by atoms with Gasteiger partial charge in [0.2, 0.25) is 5.71 Å². The van der Waals surface area contributed by atoms with Crippen molar-refractivity contribution in [2.75, 3.05) is 0 Å². The highest BCUT2D eigenvalue weighted by atomic mass is 16.3. The van der Waals surface area contributed by atoms with Crippen LogP contribution < -0.4 is 0 Å². The first-order valence-corrected chi connectivity index (χ1v) is 17.4. The molecule has 6 heteroatoms. The van der Waals surface area contributed by atoms with Crippen LogP contribution in [-0.4, -0.2) is 19.1 Å². The van der Waals surface area contributed by atoms with Gasteiger partial charge in [0.1, 0.15) is 28.0 Å². The number of rotatable bonds is 3. The largest absolute Gasteiger partial charge is 0.455 e. The van der Waals surface area contributed by atoms with E-state index < -0.39 is 0 Å². The standard InChI is InChI=1S/C46H26N4O2/c1-2-14-27(15-3-1)42-45(48-46-43(47-42)32-20-8-13-25-39(32)52-46)50-35-23-11-6-18-30(35)40-37(50)26-36(41-31-19-7-12-24-38(31)51-44(40)41)49-33-21-9-4-16-28(33)29-17-5-10-22-34(29)49/h1-26H. The predicted octanol–water partition coefficient (Wildman–Crippen LogP) is 12.1. The fourth-order valence-corrected chi connectivity index (χ4v) is 8.36. The lowest BCUT2D eigenvalue weighted by molar-refractivity contribution is 0.652. The van der Waals surface area contributed by atoms with Crippen molar-refractivity contribution in [3.05, 3.63) is 158 Å². The Morgan fingerprint density at radius 1 is 0.423 bits per heavy atom. The first kappa shape index (κ1) is 27.6. The molecule has 0 N–H and O–H groups in total. The molecule has 242 valence electrons. The van der Waals surface area contributed by atoms with Gasteiger partial charge in [0.15, 0.2) is 5.82 Å². The Bertz CT molecular complexity index is 3360. The monoisotopic (exact) mass is 666 g/mol. The van der Waals surface area contributed by atoms with Gasteiger partial charge >= 0.3 is 0 Å². The Labute approximate surface area is 295 Å². The Morgan fingerprint density at radius 2 is 0.981 bits per heavy atom. The van der Waals surface area contributed by atoms with Crippen molar-refractivity contribution in [2.45, 2.75) is 0 Å². The molecule has 0 saturated heterocycles. The van der Waals surface area contributed by atoms with Crippen LogP contribution in [0.4, 0.5) is 0 Å². The Morgan fingerprint density at radius 3 is 1.69 bits per heavy atom. The number of benzene rings is 7. The van der Waals surface area contributed by atoms with Gasteiger partial charge in [-0.15, -0.1) is 0 Å². The van der Waals surface area contributed by atoms with Crippen molar-refractivity contribution in [2.24, 2.45) is 0 Å². The average molecular weight is 667 g/mol. The van der Waals surface area contributed by atoms with E-state index in [9.17, 15) is 0 Å². The van der Waals surface area contributed by atoms with Crippen LogP contribution in [0.5, 0.6) is 0 Å². The second-order valence-electron chi connectivity index (χ2n) is 13.3. The topological polar surface area (TPSA) is 61.9 Å². The van der Waals surface area contributed by atoms with Crippen LogP contribution >= 0.6 is 0 Å². The Balaban J connectivity index is 1.31. The first-order chi connectivity index (χ1) is 25.8. The number of para-hydroxylation sites is 5. The molecule has 0 unspecified atom stereocenters. The Hall–Kier alpha value is -7.18. The summed E-state index contributed by atoms with van der Waals surface area (Å²) in [7, 11) is 0. The molecule has 5 heterocycles. The number of furan rings is 2. The molecule has 0 radical (unpaired) electrons. The lowest BCUT2D eigenvalue weighted by Gasteiger charge is -2.14. The Kier molecular flexibility index (Phi) is 5.41. The first-order valence-electron chi connectivity index (χ1n) is 17.4. The SMILES string of the molecule is c1ccc(-c2nc3c(nc2-n2c4ccccc4c4c5oc6ccccc6c5c(-n5c6ccccc6c6ccccc65)cc42)oc2ccccc23)cc1. The van der Waals surface area contributed by atoms with Crippen molar-refractivity contribution in [1.82, 2.24) is 19.1 Å². The third-order valence-corrected chi connectivity index (χ3v) is 10.5. The third kappa shape index (κ3) is 3.62. The van der Waals surface area contributed by atoms with Gasteiger partial charge in [-0.2, -0.15) is 4.98 Å². The molecular formula is C46H26N4O2. The zero-order valence-corrected chi connectivity index (χ0v) is 27.6. The highest BCUT2D eigenvalue weighted by molar-refractivity contribution is 6.27. The summed E-state index contributed by atoms with van der Waals surface area (Å²) < 4.78 is 18.0. The molecule has 6 nitrogen and oxygen atoms in total. The summed E-state index contributed by atoms with van der Waals surface area (Å²) in [5.74, 6) is 0.688. The zero-order chi connectivity index (χ0) is 33.9. The molecule has 0 saturated carbocycles. The van der Waals surface area contributed by atoms with Gasteiger partial charge in [0.05, 0.1) is 38.5 Å². The minimum Gasteiger partial charge on any atom is -0.455 e. The second kappa shape index (κ2) is 10.2. The van der Waals surface area contributed by atoms with Crippen molar-refractivity contribution in [3.63, 3.8) is 0 Å². The summed E-state index contributed by atoms with van der Waals surface area (Å²) in [6, 6.07) is 54.8. The highest BCUT2D eigenvalue weighted by Gasteiger charge is 2.27. The maximum atomic E-state index is 6.93. The smallest absolute Gasteiger partial charge is 0.248 e. The van der Waals surface area contributed by atoms with E-state index in [1.54, 1.807) is 0 Å². The van der Waals surface area contributed by atoms with Gasteiger partial charge in [-0.3, -0.25) is 4.57 Å². The van der Waals surface area contributed by atoms with Gasteiger partial charge in [-0.25, -0.2) is 4.98 Å². The number of hydrogen-bond donors (Lipinski definition) is 0. The van der Waals surface area contributed by atoms with E-state index in [1.807, 2.05) is 48.5 Å². The molecule has 0 aliphatic heterocycles. The fourth-order valence-electron chi connectivity index (χ4n) is 8.36. The summed E-state index contributed by atoms with van der Waals surface area (Å²) >= 11 is 0. The molecule has 52 heavy (non-hydrogen) atoms. The van der Waals surface area contributed by atoms with Gasteiger partial charge in [-0.05, 0) is 42.5 Å². The van der Waals surface area contributed by atoms with Crippen LogP contribution in [0.1, 0.15) is 0 Å². The van der Waals surface area contributed by atoms with Crippen LogP contribution in [0.15, 0.2) is 167 Å². The lowest BCUT2D eigenvalue weighted by Crippen LogP contribution is -2.04. The van der Waals surface area contributed by atoms with Crippen LogP contribution in [0.3, 0.4) is 0 Å². The average Bonchev–Trinajstić information content (AvgIpc) is 3.95. The second-order valence-corrected chi connectivity index (χ2v) is 13.3. The van der Waals surface area contributed by atoms with Gasteiger partial charge < -0.3 is 13.4 Å². The fraction of sp³-hybridized carbons (Fsp3) is 0. The van der Waals surface area contributed by atoms with Crippen molar-refractivity contribution >= 4 is 87.7 Å². The number of nitrogens with zero attached hydrogens (tertiary/aromatic N) is 4. The molecule has 0 aliphatic carbocycles. The van der Waals surface area contributed by atoms with Crippen LogP contribution in [0, 0.1) is 0 Å². The molecule has 0 atom stereocenters. The van der Waals surface area contributed by atoms with E-state index in [0.717, 1.165) is 88.2 Å². The lowest BCUT2D eigenvalue weighted by atomic mass is 10.1. The summed E-state index contributed by atoms with van der Waals surface area (Å²) in [5.41, 5.74) is 10.7. The molecular weight excluding hydrogens is 641 g/mol. The van der Waals surface area contributed by atoms with Crippen LogP contribution in [0.2, 0.25) is 0 Å². The van der Waals surface area contributed by atoms with E-state index in [4.69, 9.17) is 18.8 Å². The maximum absolute atomic E-state index is 6.93. The molecule has 0 aliphatic rings. The van der Waals surface area contributed by atoms with Crippen molar-refractivity contribution in [3.8, 4) is 22.8 Å². The molecule has 0 spiro atoms. The molecule has 7 aromatic carbocycles.